The third-order valence-corrected chi connectivity index (χ3v) is 9.04. The number of anilines is 1. The lowest BCUT2D eigenvalue weighted by atomic mass is 9.88. The Morgan fingerprint density at radius 1 is 1.14 bits per heavy atom. The molecule has 2 saturated heterocycles. The van der Waals surface area contributed by atoms with Crippen LogP contribution in [0.1, 0.15) is 68.7 Å². The molecule has 0 bridgehead atoms. The van der Waals surface area contributed by atoms with Gasteiger partial charge in [-0.25, -0.2) is 9.97 Å². The van der Waals surface area contributed by atoms with Crippen molar-refractivity contribution in [3.63, 3.8) is 0 Å². The number of fused-ring (bicyclic) bond motifs is 1. The number of methoxy groups -OCH3 is 1. The molecule has 3 aliphatic rings. The molecule has 2 aliphatic heterocycles. The van der Waals surface area contributed by atoms with Crippen LogP contribution < -0.4 is 4.90 Å². The van der Waals surface area contributed by atoms with Gasteiger partial charge in [-0.2, -0.15) is 0 Å². The van der Waals surface area contributed by atoms with Crippen LogP contribution in [0.15, 0.2) is 30.6 Å². The van der Waals surface area contributed by atoms with E-state index in [0.717, 1.165) is 56.7 Å². The molecular weight excluding hydrogens is 486 g/mol. The minimum atomic E-state index is -0.231. The number of aromatic nitrogens is 2. The van der Waals surface area contributed by atoms with E-state index in [0.29, 0.717) is 30.6 Å². The van der Waals surface area contributed by atoms with Crippen LogP contribution in [0.4, 0.5) is 5.82 Å². The van der Waals surface area contributed by atoms with Crippen LogP contribution in [0, 0.1) is 0 Å². The Bertz CT molecular complexity index is 1100. The number of hydrogen-bond acceptors (Lipinski definition) is 6. The van der Waals surface area contributed by atoms with Gasteiger partial charge in [0.15, 0.2) is 0 Å². The number of likely N-dealkylation sites (tertiary alicyclic amines) is 1. The van der Waals surface area contributed by atoms with Crippen LogP contribution in [-0.4, -0.2) is 83.7 Å². The van der Waals surface area contributed by atoms with Crippen molar-refractivity contribution in [2.24, 2.45) is 0 Å². The minimum Gasteiger partial charge on any atom is -0.383 e. The van der Waals surface area contributed by atoms with Crippen LogP contribution >= 0.6 is 11.6 Å². The van der Waals surface area contributed by atoms with Gasteiger partial charge in [-0.15, -0.1) is 0 Å². The molecule has 1 aliphatic carbocycles. The van der Waals surface area contributed by atoms with Crippen molar-refractivity contribution in [2.45, 2.75) is 69.9 Å². The predicted octanol–water partition coefficient (Wildman–Crippen LogP) is 4.50. The molecule has 2 aromatic rings. The van der Waals surface area contributed by atoms with E-state index in [2.05, 4.69) is 45.4 Å². The lowest BCUT2D eigenvalue weighted by molar-refractivity contribution is -0.135. The van der Waals surface area contributed by atoms with E-state index in [9.17, 15) is 4.79 Å². The second kappa shape index (κ2) is 10.9. The number of carbonyl (C=O) groups excluding carboxylic acids is 1. The zero-order valence-electron chi connectivity index (χ0n) is 22.6. The summed E-state index contributed by atoms with van der Waals surface area (Å²) in [6.07, 6.45) is 5.92. The number of hydrogen-bond donors (Lipinski definition) is 0. The summed E-state index contributed by atoms with van der Waals surface area (Å²) < 4.78 is 5.45. The number of carbonyl (C=O) groups is 1. The van der Waals surface area contributed by atoms with Crippen molar-refractivity contribution >= 4 is 23.3 Å². The molecule has 1 aromatic heterocycles. The number of rotatable bonds is 7. The van der Waals surface area contributed by atoms with Crippen molar-refractivity contribution in [3.05, 3.63) is 52.4 Å². The van der Waals surface area contributed by atoms with Gasteiger partial charge < -0.3 is 14.5 Å². The number of aryl methyl sites for hydroxylation is 1. The summed E-state index contributed by atoms with van der Waals surface area (Å²) in [5.74, 6) is 1.54. The Morgan fingerprint density at radius 3 is 2.57 bits per heavy atom. The first-order chi connectivity index (χ1) is 17.8. The van der Waals surface area contributed by atoms with Crippen molar-refractivity contribution < 1.29 is 9.53 Å². The average molecular weight is 526 g/mol. The molecular formula is C29H40ClN5O2. The van der Waals surface area contributed by atoms with Crippen molar-refractivity contribution in [1.29, 1.82) is 0 Å². The second-order valence-electron chi connectivity index (χ2n) is 11.4. The van der Waals surface area contributed by atoms with E-state index in [4.69, 9.17) is 16.3 Å². The van der Waals surface area contributed by atoms with Gasteiger partial charge in [0, 0.05) is 67.7 Å². The smallest absolute Gasteiger partial charge is 0.231 e. The van der Waals surface area contributed by atoms with E-state index in [-0.39, 0.29) is 23.4 Å². The number of halogens is 1. The molecule has 2 fully saturated rings. The largest absolute Gasteiger partial charge is 0.383 e. The molecule has 7 nitrogen and oxygen atoms in total. The molecule has 0 saturated carbocycles. The van der Waals surface area contributed by atoms with Gasteiger partial charge in [-0.05, 0) is 63.1 Å². The molecule has 1 amide bonds. The van der Waals surface area contributed by atoms with Gasteiger partial charge in [0.1, 0.15) is 12.1 Å². The molecule has 3 heterocycles. The first-order valence-corrected chi connectivity index (χ1v) is 14.1. The van der Waals surface area contributed by atoms with E-state index in [1.807, 2.05) is 24.3 Å². The molecule has 3 atom stereocenters. The fraction of sp³-hybridized carbons (Fsp3) is 0.621. The lowest BCUT2D eigenvalue weighted by Gasteiger charge is -2.42. The zero-order valence-corrected chi connectivity index (χ0v) is 23.4. The Labute approximate surface area is 226 Å². The molecule has 1 unspecified atom stereocenters. The highest BCUT2D eigenvalue weighted by Gasteiger charge is 2.46. The summed E-state index contributed by atoms with van der Waals surface area (Å²) >= 11 is 6.23. The standard InChI is InChI=1S/C29H40ClN5O2/c1-20-5-10-23-25(20)27(32-19-31-23)33-13-15-34(16-14-33)28(36)26(21-6-8-22(30)9-7-21)24-11-12-29(2,3)35(24)17-18-37-4/h6-9,19-20,24,26H,5,10-18H2,1-4H3/t20-,24+,26?/m1/s1. The van der Waals surface area contributed by atoms with E-state index < -0.39 is 0 Å². The molecule has 5 rings (SSSR count). The van der Waals surface area contributed by atoms with Gasteiger partial charge >= 0.3 is 0 Å². The monoisotopic (exact) mass is 525 g/mol. The molecule has 8 heteroatoms. The van der Waals surface area contributed by atoms with E-state index >= 15 is 0 Å². The summed E-state index contributed by atoms with van der Waals surface area (Å²) in [7, 11) is 1.74. The number of piperazine rings is 1. The normalized spacial score (nSPS) is 24.4. The Balaban J connectivity index is 1.37. The highest BCUT2D eigenvalue weighted by Crippen LogP contribution is 2.42. The van der Waals surface area contributed by atoms with Crippen molar-refractivity contribution in [3.8, 4) is 0 Å². The Kier molecular flexibility index (Phi) is 7.75. The topological polar surface area (TPSA) is 61.8 Å². The van der Waals surface area contributed by atoms with Gasteiger partial charge in [0.2, 0.25) is 5.91 Å². The van der Waals surface area contributed by atoms with Crippen LogP contribution in [0.3, 0.4) is 0 Å². The zero-order chi connectivity index (χ0) is 26.2. The first-order valence-electron chi connectivity index (χ1n) is 13.7. The average Bonchev–Trinajstić information content (AvgIpc) is 3.42. The fourth-order valence-electron chi connectivity index (χ4n) is 6.66. The van der Waals surface area contributed by atoms with Crippen molar-refractivity contribution in [1.82, 2.24) is 19.8 Å². The minimum absolute atomic E-state index is 0.0247. The maximum absolute atomic E-state index is 14.3. The Hall–Kier alpha value is -2.22. The molecule has 0 N–H and O–H groups in total. The van der Waals surface area contributed by atoms with Crippen LogP contribution in [0.5, 0.6) is 0 Å². The third kappa shape index (κ3) is 5.23. The summed E-state index contributed by atoms with van der Waals surface area (Å²) in [6, 6.07) is 8.01. The number of nitrogens with zero attached hydrogens (tertiary/aromatic N) is 5. The maximum atomic E-state index is 14.3. The van der Waals surface area contributed by atoms with Crippen LogP contribution in [0.25, 0.3) is 0 Å². The van der Waals surface area contributed by atoms with Gasteiger partial charge in [-0.1, -0.05) is 30.7 Å². The highest BCUT2D eigenvalue weighted by molar-refractivity contribution is 6.30. The second-order valence-corrected chi connectivity index (χ2v) is 11.9. The molecule has 1 aromatic carbocycles. The van der Waals surface area contributed by atoms with Gasteiger partial charge in [0.25, 0.3) is 0 Å². The van der Waals surface area contributed by atoms with Crippen LogP contribution in [-0.2, 0) is 16.0 Å². The summed E-state index contributed by atoms with van der Waals surface area (Å²) in [5.41, 5.74) is 3.57. The SMILES string of the molecule is COCCN1[C@H](C(C(=O)N2CCN(c3ncnc4c3[C@H](C)CC4)CC2)c2ccc(Cl)cc2)CCC1(C)C. The summed E-state index contributed by atoms with van der Waals surface area (Å²) in [6.45, 7) is 11.3. The van der Waals surface area contributed by atoms with Crippen molar-refractivity contribution in [2.75, 3.05) is 51.3 Å². The number of amides is 1. The van der Waals surface area contributed by atoms with Gasteiger partial charge in [0.05, 0.1) is 12.5 Å². The molecule has 0 radical (unpaired) electrons. The van der Waals surface area contributed by atoms with Gasteiger partial charge in [-0.3, -0.25) is 9.69 Å². The number of benzene rings is 1. The third-order valence-electron chi connectivity index (χ3n) is 8.79. The van der Waals surface area contributed by atoms with E-state index in [1.54, 1.807) is 13.4 Å². The first kappa shape index (κ1) is 26.4. The highest BCUT2D eigenvalue weighted by atomic mass is 35.5. The Morgan fingerprint density at radius 2 is 1.86 bits per heavy atom. The van der Waals surface area contributed by atoms with E-state index in [1.165, 1.54) is 11.3 Å². The molecule has 200 valence electrons. The molecule has 37 heavy (non-hydrogen) atoms. The fourth-order valence-corrected chi connectivity index (χ4v) is 6.79. The lowest BCUT2D eigenvalue weighted by Crippen LogP contribution is -2.54. The number of ether oxygens (including phenoxy) is 1. The molecule has 0 spiro atoms. The quantitative estimate of drug-likeness (QED) is 0.530. The summed E-state index contributed by atoms with van der Waals surface area (Å²) in [5, 5.41) is 0.693. The van der Waals surface area contributed by atoms with Crippen LogP contribution in [0.2, 0.25) is 5.02 Å². The maximum Gasteiger partial charge on any atom is 0.231 e. The summed E-state index contributed by atoms with van der Waals surface area (Å²) in [4.78, 5) is 30.4. The predicted molar refractivity (Wildman–Crippen MR) is 147 cm³/mol.